The predicted molar refractivity (Wildman–Crippen MR) is 60.3 cm³/mol. The van der Waals surface area contributed by atoms with Crippen molar-refractivity contribution >= 4 is 5.91 Å². The predicted octanol–water partition coefficient (Wildman–Crippen LogP) is -1.23. The van der Waals surface area contributed by atoms with Crippen LogP contribution in [0.2, 0.25) is 0 Å². The second-order valence-electron chi connectivity index (χ2n) is 4.39. The maximum absolute atomic E-state index is 11.5. The van der Waals surface area contributed by atoms with Gasteiger partial charge in [-0.15, -0.1) is 0 Å². The number of rotatable bonds is 4. The van der Waals surface area contributed by atoms with Gasteiger partial charge in [0.25, 0.3) is 0 Å². The molecule has 1 heterocycles. The summed E-state index contributed by atoms with van der Waals surface area (Å²) < 4.78 is 5.34. The quantitative estimate of drug-likeness (QED) is 0.499. The van der Waals surface area contributed by atoms with Crippen molar-refractivity contribution in [2.45, 2.75) is 57.1 Å². The summed E-state index contributed by atoms with van der Waals surface area (Å²) in [5.74, 6) is -0.179. The van der Waals surface area contributed by atoms with Gasteiger partial charge in [-0.05, 0) is 13.3 Å². The first-order valence-corrected chi connectivity index (χ1v) is 5.93. The lowest BCUT2D eigenvalue weighted by Crippen LogP contribution is -2.63. The normalized spacial score (nSPS) is 37.8. The Morgan fingerprint density at radius 3 is 2.53 bits per heavy atom. The first-order chi connectivity index (χ1) is 8.01. The smallest absolute Gasteiger partial charge is 0.220 e. The molecule has 1 amide bonds. The molecule has 6 heteroatoms. The highest BCUT2D eigenvalue weighted by molar-refractivity contribution is 5.76. The molecule has 100 valence electrons. The van der Waals surface area contributed by atoms with Crippen LogP contribution in [0.15, 0.2) is 0 Å². The number of amides is 1. The zero-order valence-corrected chi connectivity index (χ0v) is 10.2. The number of aliphatic hydroxyl groups is 3. The molecule has 0 saturated carbocycles. The molecule has 0 aromatic heterocycles. The first kappa shape index (κ1) is 14.4. The molecule has 1 rings (SSSR count). The second-order valence-corrected chi connectivity index (χ2v) is 4.39. The number of carbonyl (C=O) groups is 1. The van der Waals surface area contributed by atoms with Crippen LogP contribution < -0.4 is 5.32 Å². The van der Waals surface area contributed by atoms with E-state index in [2.05, 4.69) is 5.32 Å². The van der Waals surface area contributed by atoms with Gasteiger partial charge in [0.05, 0.1) is 18.8 Å². The van der Waals surface area contributed by atoms with Gasteiger partial charge in [-0.1, -0.05) is 6.92 Å². The Labute approximate surface area is 101 Å². The standard InChI is InChI=1S/C11H21NO5/c1-3-4-8(14)12-9-6(2)17-7(5-13)10(15)11(9)16/h6-7,9-11,13,15-16H,3-5H2,1-2H3,(H,12,14)/t6?,7-,9+,10-,11-/m1/s1. The third-order valence-electron chi connectivity index (χ3n) is 2.98. The SMILES string of the molecule is CCCC(=O)N[C@H]1C(C)O[C@H](CO)[C@@H](O)[C@@H]1O. The fraction of sp³-hybridized carbons (Fsp3) is 0.909. The molecule has 0 aromatic carbocycles. The molecule has 0 bridgehead atoms. The monoisotopic (exact) mass is 247 g/mol. The van der Waals surface area contributed by atoms with Crippen molar-refractivity contribution in [3.05, 3.63) is 0 Å². The molecule has 1 unspecified atom stereocenters. The van der Waals surface area contributed by atoms with E-state index < -0.39 is 30.5 Å². The van der Waals surface area contributed by atoms with Crippen LogP contribution in [0, 0.1) is 0 Å². The lowest BCUT2D eigenvalue weighted by molar-refractivity contribution is -0.190. The minimum absolute atomic E-state index is 0.179. The fourth-order valence-corrected chi connectivity index (χ4v) is 1.99. The lowest BCUT2D eigenvalue weighted by atomic mass is 9.93. The molecule has 0 spiro atoms. The summed E-state index contributed by atoms with van der Waals surface area (Å²) in [6, 6.07) is -0.646. The van der Waals surface area contributed by atoms with E-state index in [0.29, 0.717) is 12.8 Å². The summed E-state index contributed by atoms with van der Waals surface area (Å²) in [6.07, 6.45) is -2.49. The maximum atomic E-state index is 11.5. The van der Waals surface area contributed by atoms with Crippen LogP contribution >= 0.6 is 0 Å². The van der Waals surface area contributed by atoms with E-state index >= 15 is 0 Å². The van der Waals surface area contributed by atoms with Gasteiger partial charge < -0.3 is 25.4 Å². The number of carbonyl (C=O) groups excluding carboxylic acids is 1. The van der Waals surface area contributed by atoms with E-state index in [1.54, 1.807) is 6.92 Å². The molecule has 0 aromatic rings. The van der Waals surface area contributed by atoms with Crippen molar-refractivity contribution in [3.8, 4) is 0 Å². The van der Waals surface area contributed by atoms with E-state index in [4.69, 9.17) is 9.84 Å². The van der Waals surface area contributed by atoms with Crippen LogP contribution in [0.25, 0.3) is 0 Å². The van der Waals surface area contributed by atoms with Gasteiger partial charge in [0.15, 0.2) is 0 Å². The van der Waals surface area contributed by atoms with Crippen LogP contribution in [0.5, 0.6) is 0 Å². The Bertz CT molecular complexity index is 260. The molecule has 17 heavy (non-hydrogen) atoms. The zero-order chi connectivity index (χ0) is 13.0. The molecular formula is C11H21NO5. The topological polar surface area (TPSA) is 99.0 Å². The molecular weight excluding hydrogens is 226 g/mol. The van der Waals surface area contributed by atoms with Crippen molar-refractivity contribution in [1.82, 2.24) is 5.32 Å². The van der Waals surface area contributed by atoms with Gasteiger partial charge in [-0.2, -0.15) is 0 Å². The van der Waals surface area contributed by atoms with Gasteiger partial charge in [-0.3, -0.25) is 4.79 Å². The number of hydrogen-bond donors (Lipinski definition) is 4. The summed E-state index contributed by atoms with van der Waals surface area (Å²) >= 11 is 0. The van der Waals surface area contributed by atoms with Crippen LogP contribution in [-0.4, -0.2) is 58.3 Å². The Hall–Kier alpha value is -0.690. The Balaban J connectivity index is 2.63. The fourth-order valence-electron chi connectivity index (χ4n) is 1.99. The first-order valence-electron chi connectivity index (χ1n) is 5.93. The van der Waals surface area contributed by atoms with Crippen molar-refractivity contribution in [2.75, 3.05) is 6.61 Å². The van der Waals surface area contributed by atoms with Crippen LogP contribution in [0.1, 0.15) is 26.7 Å². The summed E-state index contributed by atoms with van der Waals surface area (Å²) in [7, 11) is 0. The highest BCUT2D eigenvalue weighted by Gasteiger charge is 2.42. The summed E-state index contributed by atoms with van der Waals surface area (Å²) in [5, 5.41) is 31.2. The Kier molecular flexibility index (Phi) is 5.32. The van der Waals surface area contributed by atoms with Crippen molar-refractivity contribution in [3.63, 3.8) is 0 Å². The van der Waals surface area contributed by atoms with E-state index in [-0.39, 0.29) is 12.5 Å². The van der Waals surface area contributed by atoms with E-state index in [9.17, 15) is 15.0 Å². The van der Waals surface area contributed by atoms with Gasteiger partial charge >= 0.3 is 0 Å². The van der Waals surface area contributed by atoms with E-state index in [1.807, 2.05) is 6.92 Å². The van der Waals surface area contributed by atoms with Gasteiger partial charge in [0.1, 0.15) is 18.3 Å². The average molecular weight is 247 g/mol. The number of hydrogen-bond acceptors (Lipinski definition) is 5. The van der Waals surface area contributed by atoms with Crippen molar-refractivity contribution < 1.29 is 24.9 Å². The minimum atomic E-state index is -1.19. The maximum Gasteiger partial charge on any atom is 0.220 e. The number of aliphatic hydroxyl groups excluding tert-OH is 3. The highest BCUT2D eigenvalue weighted by Crippen LogP contribution is 2.20. The summed E-state index contributed by atoms with van der Waals surface area (Å²) in [4.78, 5) is 11.5. The van der Waals surface area contributed by atoms with Crippen LogP contribution in [-0.2, 0) is 9.53 Å². The lowest BCUT2D eigenvalue weighted by Gasteiger charge is -2.41. The highest BCUT2D eigenvalue weighted by atomic mass is 16.5. The molecule has 0 radical (unpaired) electrons. The molecule has 1 fully saturated rings. The number of nitrogens with one attached hydrogen (secondary N) is 1. The third kappa shape index (κ3) is 3.38. The Morgan fingerprint density at radius 2 is 2.00 bits per heavy atom. The van der Waals surface area contributed by atoms with Crippen LogP contribution in [0.3, 0.4) is 0 Å². The van der Waals surface area contributed by atoms with E-state index in [0.717, 1.165) is 0 Å². The van der Waals surface area contributed by atoms with Gasteiger partial charge in [-0.25, -0.2) is 0 Å². The van der Waals surface area contributed by atoms with Crippen molar-refractivity contribution in [1.29, 1.82) is 0 Å². The molecule has 6 nitrogen and oxygen atoms in total. The molecule has 5 atom stereocenters. The minimum Gasteiger partial charge on any atom is -0.394 e. The third-order valence-corrected chi connectivity index (χ3v) is 2.98. The second kappa shape index (κ2) is 6.30. The average Bonchev–Trinajstić information content (AvgIpc) is 2.29. The summed E-state index contributed by atoms with van der Waals surface area (Å²) in [5.41, 5.74) is 0. The van der Waals surface area contributed by atoms with E-state index in [1.165, 1.54) is 0 Å². The molecule has 0 aliphatic carbocycles. The largest absolute Gasteiger partial charge is 0.394 e. The molecule has 4 N–H and O–H groups in total. The van der Waals surface area contributed by atoms with Crippen molar-refractivity contribution in [2.24, 2.45) is 0 Å². The molecule has 1 saturated heterocycles. The Morgan fingerprint density at radius 1 is 1.35 bits per heavy atom. The molecule has 1 aliphatic heterocycles. The molecule has 1 aliphatic rings. The number of ether oxygens (including phenoxy) is 1. The van der Waals surface area contributed by atoms with Crippen LogP contribution in [0.4, 0.5) is 0 Å². The zero-order valence-electron chi connectivity index (χ0n) is 10.2. The summed E-state index contributed by atoms with van der Waals surface area (Å²) in [6.45, 7) is 3.21. The van der Waals surface area contributed by atoms with Gasteiger partial charge in [0.2, 0.25) is 5.91 Å². The van der Waals surface area contributed by atoms with Gasteiger partial charge in [0, 0.05) is 6.42 Å².